The summed E-state index contributed by atoms with van der Waals surface area (Å²) in [7, 11) is 2.67. The lowest BCUT2D eigenvalue weighted by Crippen LogP contribution is -2.53. The Morgan fingerprint density at radius 2 is 1.00 bits per heavy atom. The lowest BCUT2D eigenvalue weighted by Gasteiger charge is -2.36. The zero-order valence-corrected chi connectivity index (χ0v) is 44.5. The number of aromatic nitrogens is 4. The number of nitrogens with zero attached hydrogens (tertiary/aromatic N) is 4. The summed E-state index contributed by atoms with van der Waals surface area (Å²) in [6.45, 7) is 7.86. The van der Waals surface area contributed by atoms with E-state index < -0.39 is 24.3 Å². The van der Waals surface area contributed by atoms with Crippen molar-refractivity contribution in [2.45, 2.75) is 160 Å². The van der Waals surface area contributed by atoms with Gasteiger partial charge >= 0.3 is 12.2 Å². The fraction of sp³-hybridized carbons (Fsp3) is 0.508. The molecule has 2 aromatic heterocycles. The first kappa shape index (κ1) is 50.5. The highest BCUT2D eigenvalue weighted by Gasteiger charge is 2.50. The molecule has 75 heavy (non-hydrogen) atoms. The third kappa shape index (κ3) is 9.89. The number of aromatic amines is 2. The van der Waals surface area contributed by atoms with Gasteiger partial charge in [-0.15, -0.1) is 0 Å². The molecule has 4 N–H and O–H groups in total. The zero-order chi connectivity index (χ0) is 52.1. The van der Waals surface area contributed by atoms with E-state index in [2.05, 4.69) is 103 Å². The summed E-state index contributed by atoms with van der Waals surface area (Å²) < 4.78 is 9.88. The SMILES string of the molecule is COC(=O)N[C@H](C(=O)N1[C@H](c2nc3ccc(-c4cc5ccc4CCCc4ccc(c(-c6ccc7nc([C@@H]8C[C@@H]9CCCC[C@@H]9N8C(=O)[C@@H](NC(=O)OC)C(C)C)[nH]c7c6)c4)CC5)cc3[nH]2)C[C@@H]2CCCC[C@@H]21)C(C)C. The van der Waals surface area contributed by atoms with Crippen molar-refractivity contribution in [2.75, 3.05) is 14.2 Å². The highest BCUT2D eigenvalue weighted by Crippen LogP contribution is 2.48. The summed E-state index contributed by atoms with van der Waals surface area (Å²) in [4.78, 5) is 75.8. The van der Waals surface area contributed by atoms with Gasteiger partial charge in [0, 0.05) is 12.1 Å². The van der Waals surface area contributed by atoms with E-state index in [1.165, 1.54) is 47.6 Å². The van der Waals surface area contributed by atoms with Gasteiger partial charge in [-0.1, -0.05) is 102 Å². The number of carbonyl (C=O) groups excluding carboxylic acids is 4. The Morgan fingerprint density at radius 3 is 1.47 bits per heavy atom. The smallest absolute Gasteiger partial charge is 0.407 e. The molecule has 8 atom stereocenters. The van der Waals surface area contributed by atoms with Crippen LogP contribution in [0.4, 0.5) is 9.59 Å². The highest BCUT2D eigenvalue weighted by atomic mass is 16.5. The maximum Gasteiger partial charge on any atom is 0.407 e. The molecule has 6 aliphatic carbocycles. The van der Waals surface area contributed by atoms with E-state index in [0.717, 1.165) is 141 Å². The monoisotopic (exact) mass is 1010 g/mol. The van der Waals surface area contributed by atoms with Gasteiger partial charge in [-0.3, -0.25) is 9.59 Å². The van der Waals surface area contributed by atoms with E-state index in [9.17, 15) is 19.2 Å². The second-order valence-corrected chi connectivity index (χ2v) is 23.0. The molecule has 394 valence electrons. The average Bonchev–Trinajstić information content (AvgIpc) is 4.24. The molecule has 14 nitrogen and oxygen atoms in total. The Bertz CT molecular complexity index is 3120. The maximum absolute atomic E-state index is 14.5. The van der Waals surface area contributed by atoms with Crippen molar-refractivity contribution < 1.29 is 28.7 Å². The first-order valence-corrected chi connectivity index (χ1v) is 27.9. The maximum atomic E-state index is 14.5. The van der Waals surface area contributed by atoms with Crippen LogP contribution >= 0.6 is 0 Å². The van der Waals surface area contributed by atoms with Crippen LogP contribution in [0.25, 0.3) is 44.3 Å². The molecule has 14 heteroatoms. The fourth-order valence-electron chi connectivity index (χ4n) is 13.8. The second kappa shape index (κ2) is 21.1. The zero-order valence-electron chi connectivity index (χ0n) is 44.5. The third-order valence-corrected chi connectivity index (χ3v) is 17.7. The number of ether oxygens (including phenoxy) is 2. The van der Waals surface area contributed by atoms with Crippen molar-refractivity contribution in [3.63, 3.8) is 0 Å². The Kier molecular flexibility index (Phi) is 14.2. The minimum absolute atomic E-state index is 0.0657. The number of benzene rings is 4. The minimum atomic E-state index is -0.695. The Morgan fingerprint density at radius 1 is 0.547 bits per heavy atom. The molecule has 8 aliphatic rings. The minimum Gasteiger partial charge on any atom is -0.453 e. The molecule has 4 fully saturated rings. The van der Waals surface area contributed by atoms with E-state index in [4.69, 9.17) is 19.4 Å². The van der Waals surface area contributed by atoms with E-state index in [0.29, 0.717) is 11.8 Å². The fourth-order valence-corrected chi connectivity index (χ4v) is 13.8. The Labute approximate surface area is 440 Å². The van der Waals surface area contributed by atoms with E-state index in [-0.39, 0.29) is 47.8 Å². The highest BCUT2D eigenvalue weighted by molar-refractivity contribution is 5.89. The number of methoxy groups -OCH3 is 2. The van der Waals surface area contributed by atoms with Gasteiger partial charge in [0.15, 0.2) is 0 Å². The van der Waals surface area contributed by atoms with Gasteiger partial charge in [-0.2, -0.15) is 0 Å². The van der Waals surface area contributed by atoms with Crippen LogP contribution in [0.3, 0.4) is 0 Å². The third-order valence-electron chi connectivity index (χ3n) is 17.7. The van der Waals surface area contributed by atoms with Crippen LogP contribution in [0.15, 0.2) is 72.8 Å². The summed E-state index contributed by atoms with van der Waals surface area (Å²) in [5.41, 5.74) is 13.6. The van der Waals surface area contributed by atoms with Crippen molar-refractivity contribution >= 4 is 46.1 Å². The molecule has 0 unspecified atom stereocenters. The van der Waals surface area contributed by atoms with E-state index >= 15 is 0 Å². The van der Waals surface area contributed by atoms with Crippen LogP contribution in [-0.4, -0.2) is 92.1 Å². The molecule has 14 rings (SSSR count). The number of hydrogen-bond donors (Lipinski definition) is 4. The van der Waals surface area contributed by atoms with Crippen molar-refractivity contribution in [3.05, 3.63) is 107 Å². The number of hydrogen-bond acceptors (Lipinski definition) is 8. The lowest BCUT2D eigenvalue weighted by atomic mass is 9.84. The summed E-state index contributed by atoms with van der Waals surface area (Å²) >= 11 is 0. The molecule has 4 bridgehead atoms. The molecular formula is C61H74N8O6. The quantitative estimate of drug-likeness (QED) is 0.105. The average molecular weight is 1020 g/mol. The van der Waals surface area contributed by atoms with Crippen molar-refractivity contribution in [2.24, 2.45) is 23.7 Å². The van der Waals surface area contributed by atoms with Gasteiger partial charge in [0.05, 0.1) is 48.4 Å². The van der Waals surface area contributed by atoms with Crippen LogP contribution in [-0.2, 0) is 44.7 Å². The van der Waals surface area contributed by atoms with E-state index in [1.807, 2.05) is 27.7 Å². The van der Waals surface area contributed by atoms with Crippen LogP contribution in [0, 0.1) is 23.7 Å². The van der Waals surface area contributed by atoms with Gasteiger partial charge < -0.3 is 39.9 Å². The molecule has 0 radical (unpaired) electrons. The molecule has 0 spiro atoms. The van der Waals surface area contributed by atoms with Gasteiger partial charge in [0.1, 0.15) is 23.7 Å². The molecule has 2 saturated carbocycles. The summed E-state index contributed by atoms with van der Waals surface area (Å²) in [6, 6.07) is 25.6. The summed E-state index contributed by atoms with van der Waals surface area (Å²) in [5, 5.41) is 5.69. The number of H-pyrrole nitrogens is 2. The van der Waals surface area contributed by atoms with Crippen molar-refractivity contribution in [1.29, 1.82) is 0 Å². The first-order chi connectivity index (χ1) is 36.3. The molecule has 4 amide bonds. The van der Waals surface area contributed by atoms with Crippen LogP contribution in [0.5, 0.6) is 0 Å². The molecule has 2 aliphatic heterocycles. The first-order valence-electron chi connectivity index (χ1n) is 27.9. The number of rotatable bonds is 10. The number of likely N-dealkylation sites (tertiary alicyclic amines) is 2. The van der Waals surface area contributed by atoms with Crippen LogP contribution in [0.1, 0.15) is 144 Å². The largest absolute Gasteiger partial charge is 0.453 e. The number of aryl methyl sites for hydroxylation is 4. The topological polar surface area (TPSA) is 175 Å². The second-order valence-electron chi connectivity index (χ2n) is 23.0. The lowest BCUT2D eigenvalue weighted by molar-refractivity contribution is -0.139. The molecule has 4 heterocycles. The van der Waals surface area contributed by atoms with Gasteiger partial charge in [-0.25, -0.2) is 19.6 Å². The molecule has 6 aromatic rings. The number of carbonyl (C=O) groups is 4. The number of nitrogens with one attached hydrogen (secondary N) is 4. The predicted molar refractivity (Wildman–Crippen MR) is 291 cm³/mol. The molecular weight excluding hydrogens is 941 g/mol. The number of alkyl carbamates (subject to hydrolysis) is 2. The van der Waals surface area contributed by atoms with E-state index in [1.54, 1.807) is 0 Å². The standard InChI is InChI=1S/C61H74N8O6/c1-34(2)54(66-60(72)74-5)58(70)68-50-16-9-7-13-42(50)32-52(68)56-62-46-26-24-40(30-48(46)64-56)44-29-37-19-21-38(44)15-11-12-36-18-22-39(23-20-37)45(28-36)41-25-27-47-49(31-41)65-57(63-47)53-33-43-14-8-10-17-51(43)69(53)59(71)55(35(3)4)67-61(73)75-6/h18-19,21-22,24-31,34-35,42-43,50-55H,7-17,20,23,32-33H2,1-6H3,(H,62,64)(H,63,65)(H,66,72)(H,67,73)/t42-,43-,50-,51-,52-,53-,54-,55-/m0/s1. The molecule has 4 aromatic carbocycles. The summed E-state index contributed by atoms with van der Waals surface area (Å²) in [6.07, 6.45) is 13.7. The number of fused-ring (bicyclic) bond motifs is 4. The van der Waals surface area contributed by atoms with Gasteiger partial charge in [-0.05, 0) is 163 Å². The van der Waals surface area contributed by atoms with Crippen molar-refractivity contribution in [3.8, 4) is 22.3 Å². The Balaban J connectivity index is 0.855. The Hall–Kier alpha value is -6.70. The normalized spacial score (nSPS) is 23.4. The molecule has 2 saturated heterocycles. The number of imidazole rings is 2. The summed E-state index contributed by atoms with van der Waals surface area (Å²) in [5.74, 6) is 2.05. The van der Waals surface area contributed by atoms with Crippen LogP contribution < -0.4 is 10.6 Å². The van der Waals surface area contributed by atoms with Crippen LogP contribution in [0.2, 0.25) is 0 Å². The van der Waals surface area contributed by atoms with Crippen molar-refractivity contribution in [1.82, 2.24) is 40.4 Å². The van der Waals surface area contributed by atoms with Gasteiger partial charge in [0.2, 0.25) is 11.8 Å². The van der Waals surface area contributed by atoms with Gasteiger partial charge in [0.25, 0.3) is 0 Å². The predicted octanol–water partition coefficient (Wildman–Crippen LogP) is 11.5. The number of amides is 4.